The molecule has 2 N–H and O–H groups in total. The van der Waals surface area contributed by atoms with E-state index in [0.29, 0.717) is 23.7 Å². The van der Waals surface area contributed by atoms with Gasteiger partial charge in [-0.15, -0.1) is 5.10 Å². The van der Waals surface area contributed by atoms with Crippen molar-refractivity contribution >= 4 is 23.6 Å². The summed E-state index contributed by atoms with van der Waals surface area (Å²) in [5.41, 5.74) is 2.38. The molecular weight excluding hydrogens is 462 g/mol. The molecule has 4 aliphatic rings. The highest BCUT2D eigenvalue weighted by Crippen LogP contribution is 2.57. The predicted octanol–water partition coefficient (Wildman–Crippen LogP) is 0.631. The molecule has 1 aromatic carbocycles. The Morgan fingerprint density at radius 3 is 2.72 bits per heavy atom. The first kappa shape index (κ1) is 22.8. The second-order valence-corrected chi connectivity index (χ2v) is 10.6. The quantitative estimate of drug-likeness (QED) is 0.587. The Balaban J connectivity index is 1.15. The third-order valence-electron chi connectivity index (χ3n) is 8.53. The summed E-state index contributed by atoms with van der Waals surface area (Å²) >= 11 is 0. The van der Waals surface area contributed by atoms with Crippen LogP contribution in [0.25, 0.3) is 5.69 Å². The van der Waals surface area contributed by atoms with Crippen LogP contribution in [0.2, 0.25) is 0 Å². The molecule has 6 rings (SSSR count). The van der Waals surface area contributed by atoms with Gasteiger partial charge in [-0.05, 0) is 63.5 Å². The van der Waals surface area contributed by atoms with Crippen LogP contribution in [-0.2, 0) is 16.1 Å². The van der Waals surface area contributed by atoms with Crippen molar-refractivity contribution in [3.05, 3.63) is 41.2 Å². The molecule has 2 aliphatic carbocycles. The van der Waals surface area contributed by atoms with Crippen LogP contribution in [0.5, 0.6) is 0 Å². The van der Waals surface area contributed by atoms with Crippen LogP contribution in [0.3, 0.4) is 0 Å². The molecule has 188 valence electrons. The summed E-state index contributed by atoms with van der Waals surface area (Å²) in [4.78, 5) is 53.4. The lowest BCUT2D eigenvalue weighted by atomic mass is 9.49. The topological polar surface area (TPSA) is 130 Å². The van der Waals surface area contributed by atoms with Crippen molar-refractivity contribution in [2.45, 2.75) is 63.2 Å². The highest BCUT2D eigenvalue weighted by molar-refractivity contribution is 6.05. The molecule has 2 saturated carbocycles. The van der Waals surface area contributed by atoms with Gasteiger partial charge in [0.05, 0.1) is 11.9 Å². The third-order valence-corrected chi connectivity index (χ3v) is 8.53. The van der Waals surface area contributed by atoms with E-state index in [4.69, 9.17) is 0 Å². The number of nitrogens with one attached hydrogen (secondary N) is 2. The van der Waals surface area contributed by atoms with Crippen LogP contribution in [0.1, 0.15) is 64.9 Å². The summed E-state index contributed by atoms with van der Waals surface area (Å²) in [5, 5.41) is 13.7. The lowest BCUT2D eigenvalue weighted by Crippen LogP contribution is -2.70. The van der Waals surface area contributed by atoms with Crippen molar-refractivity contribution in [1.82, 2.24) is 35.4 Å². The van der Waals surface area contributed by atoms with Crippen LogP contribution in [-0.4, -0.2) is 80.6 Å². The number of amides is 4. The van der Waals surface area contributed by atoms with E-state index in [0.717, 1.165) is 24.8 Å². The van der Waals surface area contributed by atoms with Crippen LogP contribution in [0.15, 0.2) is 24.4 Å². The first-order valence-electron chi connectivity index (χ1n) is 12.4. The maximum Gasteiger partial charge on any atom is 0.273 e. The minimum atomic E-state index is -0.662. The smallest absolute Gasteiger partial charge is 0.273 e. The van der Waals surface area contributed by atoms with Crippen molar-refractivity contribution < 1.29 is 19.2 Å². The van der Waals surface area contributed by atoms with Crippen molar-refractivity contribution in [3.8, 4) is 5.69 Å². The van der Waals surface area contributed by atoms with Gasteiger partial charge in [-0.2, -0.15) is 0 Å². The molecule has 1 spiro atoms. The van der Waals surface area contributed by atoms with Gasteiger partial charge < -0.3 is 15.1 Å². The second kappa shape index (κ2) is 8.22. The Morgan fingerprint density at radius 2 is 2.03 bits per heavy atom. The molecule has 11 nitrogen and oxygen atoms in total. The lowest BCUT2D eigenvalue weighted by Gasteiger charge is -2.63. The summed E-state index contributed by atoms with van der Waals surface area (Å²) in [6, 6.07) is 5.27. The Morgan fingerprint density at radius 1 is 1.22 bits per heavy atom. The number of fused-ring (bicyclic) bond motifs is 1. The second-order valence-electron chi connectivity index (χ2n) is 10.6. The van der Waals surface area contributed by atoms with Gasteiger partial charge in [-0.1, -0.05) is 11.6 Å². The van der Waals surface area contributed by atoms with Crippen LogP contribution < -0.4 is 10.6 Å². The maximum absolute atomic E-state index is 12.9. The molecule has 4 amide bonds. The standard InChI is InChI=1S/C25H29N7O4/c1-30(2)20-11-19(25(20)8-3-9-25)26-22(34)17-13-32(29-28-17)15-4-5-16-14(10-15)12-31(24(16)36)18-6-7-21(33)27-23(18)35/h4-5,10,13,18-20H,3,6-9,11-12H2,1-2H3,(H,26,34)(H,27,33,35). The highest BCUT2D eigenvalue weighted by atomic mass is 16.2. The monoisotopic (exact) mass is 491 g/mol. The number of carbonyl (C=O) groups excluding carboxylic acids is 4. The van der Waals surface area contributed by atoms with E-state index in [-0.39, 0.29) is 47.8 Å². The van der Waals surface area contributed by atoms with Crippen LogP contribution in [0.4, 0.5) is 0 Å². The number of carbonyl (C=O) groups is 4. The lowest BCUT2D eigenvalue weighted by molar-refractivity contribution is -0.136. The molecule has 1 saturated heterocycles. The molecule has 3 atom stereocenters. The fraction of sp³-hybridized carbons (Fsp3) is 0.520. The van der Waals surface area contributed by atoms with Gasteiger partial charge in [0.25, 0.3) is 11.8 Å². The predicted molar refractivity (Wildman–Crippen MR) is 127 cm³/mol. The molecular formula is C25H29N7O4. The van der Waals surface area contributed by atoms with E-state index < -0.39 is 11.9 Å². The number of imide groups is 1. The zero-order valence-electron chi connectivity index (χ0n) is 20.4. The molecule has 0 radical (unpaired) electrons. The zero-order valence-corrected chi connectivity index (χ0v) is 20.4. The molecule has 1 aromatic heterocycles. The summed E-state index contributed by atoms with van der Waals surface area (Å²) in [7, 11) is 4.20. The van der Waals surface area contributed by atoms with Gasteiger partial charge in [0, 0.05) is 36.0 Å². The Labute approximate surface area is 208 Å². The minimum Gasteiger partial charge on any atom is -0.347 e. The highest BCUT2D eigenvalue weighted by Gasteiger charge is 2.59. The first-order chi connectivity index (χ1) is 17.3. The molecule has 2 aromatic rings. The van der Waals surface area contributed by atoms with Crippen molar-refractivity contribution in [2.75, 3.05) is 14.1 Å². The van der Waals surface area contributed by atoms with E-state index in [1.54, 1.807) is 18.3 Å². The number of rotatable bonds is 5. The van der Waals surface area contributed by atoms with E-state index in [1.807, 2.05) is 6.07 Å². The molecule has 11 heteroatoms. The number of nitrogens with zero attached hydrogens (tertiary/aromatic N) is 5. The molecule has 36 heavy (non-hydrogen) atoms. The fourth-order valence-electron chi connectivity index (χ4n) is 6.39. The molecule has 0 bridgehead atoms. The summed E-state index contributed by atoms with van der Waals surface area (Å²) in [6.07, 6.45) is 6.54. The van der Waals surface area contributed by atoms with Crippen molar-refractivity contribution in [2.24, 2.45) is 5.41 Å². The van der Waals surface area contributed by atoms with Crippen molar-refractivity contribution in [1.29, 1.82) is 0 Å². The van der Waals surface area contributed by atoms with Gasteiger partial charge in [-0.3, -0.25) is 24.5 Å². The fourth-order valence-corrected chi connectivity index (χ4v) is 6.39. The van der Waals surface area contributed by atoms with Gasteiger partial charge in [-0.25, -0.2) is 4.68 Å². The zero-order chi connectivity index (χ0) is 25.2. The van der Waals surface area contributed by atoms with E-state index in [2.05, 4.69) is 39.9 Å². The third kappa shape index (κ3) is 3.44. The normalized spacial score (nSPS) is 26.5. The number of hydrogen-bond donors (Lipinski definition) is 2. The van der Waals surface area contributed by atoms with Crippen LogP contribution >= 0.6 is 0 Å². The molecule has 2 aliphatic heterocycles. The van der Waals surface area contributed by atoms with Gasteiger partial charge in [0.2, 0.25) is 11.8 Å². The van der Waals surface area contributed by atoms with E-state index in [1.165, 1.54) is 16.0 Å². The number of benzene rings is 1. The first-order valence-corrected chi connectivity index (χ1v) is 12.4. The average Bonchev–Trinajstić information content (AvgIpc) is 3.40. The molecule has 3 heterocycles. The summed E-state index contributed by atoms with van der Waals surface area (Å²) in [6.45, 7) is 0.271. The van der Waals surface area contributed by atoms with Crippen molar-refractivity contribution in [3.63, 3.8) is 0 Å². The molecule has 3 unspecified atom stereocenters. The van der Waals surface area contributed by atoms with E-state index in [9.17, 15) is 19.2 Å². The maximum atomic E-state index is 12.9. The Bertz CT molecular complexity index is 1280. The Hall–Kier alpha value is -3.60. The summed E-state index contributed by atoms with van der Waals surface area (Å²) in [5.74, 6) is -1.21. The van der Waals surface area contributed by atoms with E-state index >= 15 is 0 Å². The number of piperidine rings is 1. The summed E-state index contributed by atoms with van der Waals surface area (Å²) < 4.78 is 1.52. The number of hydrogen-bond acceptors (Lipinski definition) is 7. The average molecular weight is 492 g/mol. The number of aromatic nitrogens is 3. The Kier molecular flexibility index (Phi) is 5.22. The minimum absolute atomic E-state index is 0.153. The van der Waals surface area contributed by atoms with Gasteiger partial charge in [0.15, 0.2) is 5.69 Å². The molecule has 3 fully saturated rings. The SMILES string of the molecule is CN(C)C1CC(NC(=O)c2cn(-c3ccc4c(c3)CN(C3CCC(=O)NC3=O)C4=O)nn2)C12CCC2. The largest absolute Gasteiger partial charge is 0.347 e. The van der Waals surface area contributed by atoms with Gasteiger partial charge in [0.1, 0.15) is 6.04 Å². The van der Waals surface area contributed by atoms with Crippen LogP contribution in [0, 0.1) is 5.41 Å². The van der Waals surface area contributed by atoms with Gasteiger partial charge >= 0.3 is 0 Å².